The third-order valence-electron chi connectivity index (χ3n) is 3.61. The first-order valence-electron chi connectivity index (χ1n) is 8.30. The molecule has 0 aliphatic rings. The highest BCUT2D eigenvalue weighted by molar-refractivity contribution is 5.84. The topological polar surface area (TPSA) is 44.8 Å². The lowest BCUT2D eigenvalue weighted by Crippen LogP contribution is -2.17. The monoisotopic (exact) mass is 336 g/mol. The van der Waals surface area contributed by atoms with E-state index in [1.165, 1.54) is 0 Å². The van der Waals surface area contributed by atoms with Crippen LogP contribution in [0.1, 0.15) is 13.3 Å². The minimum atomic E-state index is -0.443. The summed E-state index contributed by atoms with van der Waals surface area (Å²) < 4.78 is 16.3. The Morgan fingerprint density at radius 3 is 2.16 bits per heavy atom. The Morgan fingerprint density at radius 1 is 0.800 bits per heavy atom. The van der Waals surface area contributed by atoms with Crippen molar-refractivity contribution >= 4 is 16.7 Å². The molecule has 3 rings (SSSR count). The number of fused-ring (bicyclic) bond motifs is 1. The minimum absolute atomic E-state index is 0.151. The van der Waals surface area contributed by atoms with Gasteiger partial charge in [-0.2, -0.15) is 0 Å². The third kappa shape index (κ3) is 4.73. The lowest BCUT2D eigenvalue weighted by molar-refractivity contribution is -0.136. The van der Waals surface area contributed by atoms with Gasteiger partial charge >= 0.3 is 5.97 Å². The fourth-order valence-corrected chi connectivity index (χ4v) is 2.39. The standard InChI is InChI=1S/C21H20O4/c1-2-13-23-18-9-11-19(12-10-18)24-15-21(22)25-20-8-7-16-5-3-4-6-17(16)14-20/h3-12,14H,2,13,15H2,1H3. The van der Waals surface area contributed by atoms with E-state index in [0.29, 0.717) is 18.1 Å². The highest BCUT2D eigenvalue weighted by Gasteiger charge is 2.07. The van der Waals surface area contributed by atoms with Gasteiger partial charge in [0.15, 0.2) is 6.61 Å². The van der Waals surface area contributed by atoms with Crippen LogP contribution in [0.3, 0.4) is 0 Å². The average molecular weight is 336 g/mol. The van der Waals surface area contributed by atoms with Gasteiger partial charge in [0.25, 0.3) is 0 Å². The Hall–Kier alpha value is -3.01. The summed E-state index contributed by atoms with van der Waals surface area (Å²) in [6, 6.07) is 20.6. The summed E-state index contributed by atoms with van der Waals surface area (Å²) in [7, 11) is 0. The molecule has 0 spiro atoms. The number of carbonyl (C=O) groups excluding carboxylic acids is 1. The molecule has 4 heteroatoms. The van der Waals surface area contributed by atoms with Crippen molar-refractivity contribution in [2.45, 2.75) is 13.3 Å². The molecule has 0 saturated carbocycles. The number of ether oxygens (including phenoxy) is 3. The Morgan fingerprint density at radius 2 is 1.44 bits per heavy atom. The van der Waals surface area contributed by atoms with Gasteiger partial charge in [0, 0.05) is 0 Å². The summed E-state index contributed by atoms with van der Waals surface area (Å²) in [5, 5.41) is 2.13. The van der Waals surface area contributed by atoms with E-state index in [9.17, 15) is 4.79 Å². The first-order valence-corrected chi connectivity index (χ1v) is 8.30. The SMILES string of the molecule is CCCOc1ccc(OCC(=O)Oc2ccc3ccccc3c2)cc1. The Labute approximate surface area is 146 Å². The first kappa shape index (κ1) is 16.8. The van der Waals surface area contributed by atoms with Crippen molar-refractivity contribution in [3.63, 3.8) is 0 Å². The first-order chi connectivity index (χ1) is 12.2. The van der Waals surface area contributed by atoms with Crippen molar-refractivity contribution in [1.29, 1.82) is 0 Å². The van der Waals surface area contributed by atoms with E-state index >= 15 is 0 Å². The molecule has 0 radical (unpaired) electrons. The van der Waals surface area contributed by atoms with Gasteiger partial charge in [0.1, 0.15) is 17.2 Å². The quantitative estimate of drug-likeness (QED) is 0.467. The van der Waals surface area contributed by atoms with Gasteiger partial charge in [-0.05, 0) is 53.6 Å². The van der Waals surface area contributed by atoms with Crippen LogP contribution in [0.15, 0.2) is 66.7 Å². The molecule has 0 fully saturated rings. The van der Waals surface area contributed by atoms with Gasteiger partial charge in [-0.1, -0.05) is 37.3 Å². The van der Waals surface area contributed by atoms with Crippen molar-refractivity contribution in [1.82, 2.24) is 0 Å². The minimum Gasteiger partial charge on any atom is -0.494 e. The van der Waals surface area contributed by atoms with Gasteiger partial charge in [0.05, 0.1) is 6.61 Å². The van der Waals surface area contributed by atoms with Crippen molar-refractivity contribution in [2.75, 3.05) is 13.2 Å². The predicted octanol–water partition coefficient (Wildman–Crippen LogP) is 4.61. The van der Waals surface area contributed by atoms with Crippen LogP contribution < -0.4 is 14.2 Å². The van der Waals surface area contributed by atoms with Crippen LogP contribution in [0.2, 0.25) is 0 Å². The molecule has 3 aromatic carbocycles. The molecule has 4 nitrogen and oxygen atoms in total. The average Bonchev–Trinajstić information content (AvgIpc) is 2.65. The lowest BCUT2D eigenvalue weighted by Gasteiger charge is -2.09. The number of esters is 1. The fourth-order valence-electron chi connectivity index (χ4n) is 2.39. The molecular formula is C21H20O4. The Kier molecular flexibility index (Phi) is 5.52. The summed E-state index contributed by atoms with van der Waals surface area (Å²) in [5.74, 6) is 1.45. The molecule has 0 aliphatic heterocycles. The predicted molar refractivity (Wildman–Crippen MR) is 97.3 cm³/mol. The molecule has 0 aliphatic carbocycles. The number of hydrogen-bond donors (Lipinski definition) is 0. The molecule has 0 unspecified atom stereocenters. The molecule has 3 aromatic rings. The maximum Gasteiger partial charge on any atom is 0.349 e. The van der Waals surface area contributed by atoms with Gasteiger partial charge in [-0.25, -0.2) is 4.79 Å². The zero-order valence-electron chi connectivity index (χ0n) is 14.1. The van der Waals surface area contributed by atoms with E-state index in [-0.39, 0.29) is 6.61 Å². The molecule has 0 N–H and O–H groups in total. The summed E-state index contributed by atoms with van der Waals surface area (Å²) in [5.41, 5.74) is 0. The van der Waals surface area contributed by atoms with Crippen LogP contribution in [-0.4, -0.2) is 19.2 Å². The maximum atomic E-state index is 12.0. The number of hydrogen-bond acceptors (Lipinski definition) is 4. The van der Waals surface area contributed by atoms with Crippen molar-refractivity contribution in [3.8, 4) is 17.2 Å². The van der Waals surface area contributed by atoms with Gasteiger partial charge in [-0.3, -0.25) is 0 Å². The molecule has 0 bridgehead atoms. The van der Waals surface area contributed by atoms with E-state index in [1.54, 1.807) is 18.2 Å². The molecule has 0 heterocycles. The highest BCUT2D eigenvalue weighted by Crippen LogP contribution is 2.21. The van der Waals surface area contributed by atoms with Crippen LogP contribution in [0.5, 0.6) is 17.2 Å². The second kappa shape index (κ2) is 8.20. The van der Waals surface area contributed by atoms with Crippen molar-refractivity contribution < 1.29 is 19.0 Å². The summed E-state index contributed by atoms with van der Waals surface area (Å²) in [6.45, 7) is 2.58. The molecule has 0 aromatic heterocycles. The smallest absolute Gasteiger partial charge is 0.349 e. The Bertz CT molecular complexity index is 840. The van der Waals surface area contributed by atoms with Gasteiger partial charge < -0.3 is 14.2 Å². The Balaban J connectivity index is 1.53. The van der Waals surface area contributed by atoms with Crippen molar-refractivity contribution in [3.05, 3.63) is 66.7 Å². The normalized spacial score (nSPS) is 10.4. The highest BCUT2D eigenvalue weighted by atomic mass is 16.6. The molecule has 0 atom stereocenters. The van der Waals surface area contributed by atoms with E-state index in [2.05, 4.69) is 6.92 Å². The third-order valence-corrected chi connectivity index (χ3v) is 3.61. The second-order valence-electron chi connectivity index (χ2n) is 5.59. The van der Waals surface area contributed by atoms with Gasteiger partial charge in [0.2, 0.25) is 0 Å². The van der Waals surface area contributed by atoms with Crippen LogP contribution in [0.4, 0.5) is 0 Å². The van der Waals surface area contributed by atoms with E-state index in [0.717, 1.165) is 22.9 Å². The number of rotatable bonds is 7. The molecule has 25 heavy (non-hydrogen) atoms. The van der Waals surface area contributed by atoms with E-state index in [4.69, 9.17) is 14.2 Å². The van der Waals surface area contributed by atoms with Crippen LogP contribution in [0, 0.1) is 0 Å². The molecular weight excluding hydrogens is 316 g/mol. The van der Waals surface area contributed by atoms with Crippen LogP contribution >= 0.6 is 0 Å². The zero-order chi connectivity index (χ0) is 17.5. The number of benzene rings is 3. The van der Waals surface area contributed by atoms with Gasteiger partial charge in [-0.15, -0.1) is 0 Å². The molecule has 128 valence electrons. The summed E-state index contributed by atoms with van der Waals surface area (Å²) in [4.78, 5) is 12.0. The maximum absolute atomic E-state index is 12.0. The van der Waals surface area contributed by atoms with E-state index < -0.39 is 5.97 Å². The number of carbonyl (C=O) groups is 1. The molecule has 0 amide bonds. The summed E-state index contributed by atoms with van der Waals surface area (Å²) in [6.07, 6.45) is 0.957. The van der Waals surface area contributed by atoms with Crippen molar-refractivity contribution in [2.24, 2.45) is 0 Å². The zero-order valence-corrected chi connectivity index (χ0v) is 14.1. The molecule has 0 saturated heterocycles. The largest absolute Gasteiger partial charge is 0.494 e. The second-order valence-corrected chi connectivity index (χ2v) is 5.59. The summed E-state index contributed by atoms with van der Waals surface area (Å²) >= 11 is 0. The van der Waals surface area contributed by atoms with E-state index in [1.807, 2.05) is 48.5 Å². The fraction of sp³-hybridized carbons (Fsp3) is 0.190. The van der Waals surface area contributed by atoms with Crippen LogP contribution in [-0.2, 0) is 4.79 Å². The van der Waals surface area contributed by atoms with Crippen LogP contribution in [0.25, 0.3) is 10.8 Å². The lowest BCUT2D eigenvalue weighted by atomic mass is 10.1.